The predicted molar refractivity (Wildman–Crippen MR) is 135 cm³/mol. The second-order valence-electron chi connectivity index (χ2n) is 9.09. The first-order valence-corrected chi connectivity index (χ1v) is 11.8. The summed E-state index contributed by atoms with van der Waals surface area (Å²) in [5.41, 5.74) is 3.53. The number of hydrogen-bond donors (Lipinski definition) is 2. The van der Waals surface area contributed by atoms with Crippen molar-refractivity contribution >= 4 is 17.8 Å². The van der Waals surface area contributed by atoms with Crippen molar-refractivity contribution < 1.29 is 19.1 Å². The monoisotopic (exact) mass is 493 g/mol. The number of benzene rings is 3. The molecule has 6 rings (SSSR count). The smallest absolute Gasteiger partial charge is 0.322 e. The zero-order chi connectivity index (χ0) is 25.6. The molecule has 184 valence electrons. The molecule has 2 aliphatic heterocycles. The number of aromatic nitrogens is 2. The Hall–Kier alpha value is -4.92. The third-order valence-electron chi connectivity index (χ3n) is 6.95. The number of fused-ring (bicyclic) bond motifs is 1. The summed E-state index contributed by atoms with van der Waals surface area (Å²) in [7, 11) is 1.55. The van der Waals surface area contributed by atoms with Crippen molar-refractivity contribution in [3.05, 3.63) is 102 Å². The van der Waals surface area contributed by atoms with Gasteiger partial charge in [-0.05, 0) is 46.5 Å². The lowest BCUT2D eigenvalue weighted by Gasteiger charge is -2.31. The minimum Gasteiger partial charge on any atom is -0.497 e. The normalized spacial score (nSPS) is 18.5. The fourth-order valence-electron chi connectivity index (χ4n) is 4.96. The number of amides is 4. The molecule has 2 N–H and O–H groups in total. The van der Waals surface area contributed by atoms with Crippen LogP contribution >= 0.6 is 0 Å². The average Bonchev–Trinajstić information content (AvgIpc) is 3.63. The Morgan fingerprint density at radius 2 is 1.70 bits per heavy atom. The van der Waals surface area contributed by atoms with Gasteiger partial charge in [0.05, 0.1) is 20.0 Å². The van der Waals surface area contributed by atoms with Gasteiger partial charge in [-0.25, -0.2) is 9.78 Å². The molecule has 1 aromatic heterocycles. The Morgan fingerprint density at radius 3 is 2.32 bits per heavy atom. The number of rotatable bonds is 6. The highest BCUT2D eigenvalue weighted by Crippen LogP contribution is 2.33. The summed E-state index contributed by atoms with van der Waals surface area (Å²) in [4.78, 5) is 44.2. The molecule has 1 saturated heterocycles. The zero-order valence-corrected chi connectivity index (χ0v) is 20.0. The molecular weight excluding hydrogens is 470 g/mol. The second-order valence-corrected chi connectivity index (χ2v) is 9.09. The van der Waals surface area contributed by atoms with E-state index in [1.165, 1.54) is 0 Å². The Kier molecular flexibility index (Phi) is 5.26. The fraction of sp³-hybridized carbons (Fsp3) is 0.143. The van der Waals surface area contributed by atoms with E-state index in [2.05, 4.69) is 15.6 Å². The van der Waals surface area contributed by atoms with E-state index in [9.17, 15) is 14.4 Å². The zero-order valence-electron chi connectivity index (χ0n) is 20.0. The first kappa shape index (κ1) is 22.5. The lowest BCUT2D eigenvalue weighted by Crippen LogP contribution is -2.52. The summed E-state index contributed by atoms with van der Waals surface area (Å²) in [6.45, 7) is 0.337. The molecule has 0 radical (unpaired) electrons. The van der Waals surface area contributed by atoms with E-state index in [1.807, 2.05) is 65.4 Å². The molecule has 1 fully saturated rings. The van der Waals surface area contributed by atoms with Crippen molar-refractivity contribution in [3.63, 3.8) is 0 Å². The van der Waals surface area contributed by atoms with Crippen molar-refractivity contribution in [1.29, 1.82) is 0 Å². The average molecular weight is 494 g/mol. The molecule has 0 spiro atoms. The van der Waals surface area contributed by atoms with E-state index in [0.29, 0.717) is 23.4 Å². The second kappa shape index (κ2) is 8.63. The third kappa shape index (κ3) is 3.81. The van der Waals surface area contributed by atoms with E-state index < -0.39 is 17.5 Å². The maximum absolute atomic E-state index is 13.2. The van der Waals surface area contributed by atoms with Gasteiger partial charge < -0.3 is 19.5 Å². The number of nitrogens with zero attached hydrogens (tertiary/aromatic N) is 3. The summed E-state index contributed by atoms with van der Waals surface area (Å²) in [6, 6.07) is 20.2. The number of imidazole rings is 1. The van der Waals surface area contributed by atoms with Crippen LogP contribution in [-0.4, -0.2) is 46.0 Å². The molecule has 0 aliphatic carbocycles. The van der Waals surface area contributed by atoms with Gasteiger partial charge in [-0.1, -0.05) is 42.5 Å². The van der Waals surface area contributed by atoms with Crippen LogP contribution in [0.25, 0.3) is 16.8 Å². The van der Waals surface area contributed by atoms with E-state index in [1.54, 1.807) is 36.7 Å². The van der Waals surface area contributed by atoms with Crippen molar-refractivity contribution in [1.82, 2.24) is 25.1 Å². The largest absolute Gasteiger partial charge is 0.497 e. The number of imide groups is 1. The quantitative estimate of drug-likeness (QED) is 0.401. The van der Waals surface area contributed by atoms with E-state index in [-0.39, 0.29) is 12.5 Å². The highest BCUT2D eigenvalue weighted by atomic mass is 16.5. The van der Waals surface area contributed by atoms with Gasteiger partial charge >= 0.3 is 6.03 Å². The van der Waals surface area contributed by atoms with Crippen LogP contribution in [0, 0.1) is 0 Å². The lowest BCUT2D eigenvalue weighted by molar-refractivity contribution is -0.124. The third-order valence-corrected chi connectivity index (χ3v) is 6.95. The standard InChI is InChI=1S/C28H23N5O4/c1-37-23-11-6-20-15-33(25(34)24(20)14-23)16-28(26(35)30-27(36)31-28)21-7-2-18(3-8-21)19-4-9-22(10-5-19)32-13-12-29-17-32/h2-14,17H,15-16H2,1H3,(H2,30,31,35,36)/t28-/m0/s1. The molecule has 4 amide bonds. The minimum atomic E-state index is -1.40. The Balaban J connectivity index is 1.28. The minimum absolute atomic E-state index is 0.000643. The molecule has 9 nitrogen and oxygen atoms in total. The van der Waals surface area contributed by atoms with Crippen LogP contribution in [0.15, 0.2) is 85.5 Å². The van der Waals surface area contributed by atoms with Crippen LogP contribution in [0.3, 0.4) is 0 Å². The molecule has 2 aliphatic rings. The van der Waals surface area contributed by atoms with E-state index in [0.717, 1.165) is 22.4 Å². The molecule has 0 saturated carbocycles. The van der Waals surface area contributed by atoms with Gasteiger partial charge in [-0.2, -0.15) is 0 Å². The van der Waals surface area contributed by atoms with Gasteiger partial charge in [0.15, 0.2) is 5.54 Å². The molecular formula is C28H23N5O4. The van der Waals surface area contributed by atoms with Crippen LogP contribution in [0.1, 0.15) is 21.5 Å². The molecule has 37 heavy (non-hydrogen) atoms. The summed E-state index contributed by atoms with van der Waals surface area (Å²) in [5.74, 6) is -0.114. The van der Waals surface area contributed by atoms with Crippen molar-refractivity contribution in [2.75, 3.05) is 13.7 Å². The molecule has 0 bridgehead atoms. The van der Waals surface area contributed by atoms with Crippen LogP contribution in [-0.2, 0) is 16.9 Å². The van der Waals surface area contributed by atoms with Gasteiger partial charge in [-0.3, -0.25) is 14.9 Å². The summed E-state index contributed by atoms with van der Waals surface area (Å²) in [6.07, 6.45) is 5.35. The number of urea groups is 1. The van der Waals surface area contributed by atoms with E-state index in [4.69, 9.17) is 4.74 Å². The summed E-state index contributed by atoms with van der Waals surface area (Å²) < 4.78 is 7.18. The van der Waals surface area contributed by atoms with Crippen LogP contribution in [0.4, 0.5) is 4.79 Å². The van der Waals surface area contributed by atoms with E-state index >= 15 is 0 Å². The highest BCUT2D eigenvalue weighted by molar-refractivity contribution is 6.08. The maximum Gasteiger partial charge on any atom is 0.322 e. The van der Waals surface area contributed by atoms with Crippen molar-refractivity contribution in [2.45, 2.75) is 12.1 Å². The topological polar surface area (TPSA) is 106 Å². The molecule has 3 aromatic carbocycles. The Morgan fingerprint density at radius 1 is 0.973 bits per heavy atom. The lowest BCUT2D eigenvalue weighted by atomic mass is 9.88. The number of carbonyl (C=O) groups is 3. The van der Waals surface area contributed by atoms with Crippen LogP contribution in [0.5, 0.6) is 5.75 Å². The number of nitrogens with one attached hydrogen (secondary N) is 2. The first-order chi connectivity index (χ1) is 18.0. The number of carbonyl (C=O) groups excluding carboxylic acids is 3. The van der Waals surface area contributed by atoms with Gasteiger partial charge in [0.1, 0.15) is 5.75 Å². The SMILES string of the molecule is COc1ccc2c(c1)C(=O)N(C[C@@]1(c3ccc(-c4ccc(-n5ccnc5)cc4)cc3)NC(=O)NC1=O)C2. The van der Waals surface area contributed by atoms with Crippen LogP contribution in [0.2, 0.25) is 0 Å². The number of hydrogen-bond acceptors (Lipinski definition) is 5. The van der Waals surface area contributed by atoms with Gasteiger partial charge in [0.25, 0.3) is 11.8 Å². The Bertz CT molecular complexity index is 1510. The fourth-order valence-corrected chi connectivity index (χ4v) is 4.96. The Labute approximate surface area is 212 Å². The van der Waals surface area contributed by atoms with Crippen molar-refractivity contribution in [3.8, 4) is 22.6 Å². The van der Waals surface area contributed by atoms with Gasteiger partial charge in [-0.15, -0.1) is 0 Å². The molecule has 1 atom stereocenters. The summed E-state index contributed by atoms with van der Waals surface area (Å²) >= 11 is 0. The van der Waals surface area contributed by atoms with Crippen molar-refractivity contribution in [2.24, 2.45) is 0 Å². The molecule has 9 heteroatoms. The predicted octanol–water partition coefficient (Wildman–Crippen LogP) is 3.24. The van der Waals surface area contributed by atoms with Gasteiger partial charge in [0.2, 0.25) is 0 Å². The molecule has 3 heterocycles. The molecule has 4 aromatic rings. The number of methoxy groups -OCH3 is 1. The summed E-state index contributed by atoms with van der Waals surface area (Å²) in [5, 5.41) is 5.13. The maximum atomic E-state index is 13.2. The number of ether oxygens (including phenoxy) is 1. The molecule has 0 unspecified atom stereocenters. The van der Waals surface area contributed by atoms with Gasteiger partial charge in [0, 0.05) is 30.2 Å². The highest BCUT2D eigenvalue weighted by Gasteiger charge is 2.50. The first-order valence-electron chi connectivity index (χ1n) is 11.8. The van der Waals surface area contributed by atoms with Crippen LogP contribution < -0.4 is 15.4 Å².